The van der Waals surface area contributed by atoms with Crippen molar-refractivity contribution >= 4 is 17.7 Å². The third kappa shape index (κ3) is 5.11. The van der Waals surface area contributed by atoms with Crippen molar-refractivity contribution in [2.45, 2.75) is 52.1 Å². The Morgan fingerprint density at radius 3 is 2.48 bits per heavy atom. The Hall–Kier alpha value is -2.24. The summed E-state index contributed by atoms with van der Waals surface area (Å²) >= 11 is 0. The highest BCUT2D eigenvalue weighted by atomic mass is 16.6. The summed E-state index contributed by atoms with van der Waals surface area (Å²) in [6.45, 7) is 9.36. The summed E-state index contributed by atoms with van der Waals surface area (Å²) in [5.74, 6) is 0.167. The Kier molecular flexibility index (Phi) is 5.93. The van der Waals surface area contributed by atoms with Gasteiger partial charge >= 0.3 is 6.09 Å². The van der Waals surface area contributed by atoms with E-state index in [9.17, 15) is 9.59 Å². The second kappa shape index (κ2) is 7.76. The predicted molar refractivity (Wildman–Crippen MR) is 98.6 cm³/mol. The molecule has 1 aliphatic rings. The molecule has 0 atom stereocenters. The molecule has 25 heavy (non-hydrogen) atoms. The molecule has 0 aromatic heterocycles. The van der Waals surface area contributed by atoms with Crippen LogP contribution in [0.3, 0.4) is 0 Å². The van der Waals surface area contributed by atoms with Gasteiger partial charge in [-0.1, -0.05) is 6.07 Å². The highest BCUT2D eigenvalue weighted by Gasteiger charge is 2.27. The molecule has 0 bridgehead atoms. The zero-order chi connectivity index (χ0) is 18.6. The Bertz CT molecular complexity index is 629. The number of anilines is 1. The summed E-state index contributed by atoms with van der Waals surface area (Å²) in [5.41, 5.74) is 7.57. The van der Waals surface area contributed by atoms with Gasteiger partial charge in [0.25, 0.3) is 5.91 Å². The Morgan fingerprint density at radius 1 is 1.28 bits per heavy atom. The van der Waals surface area contributed by atoms with Crippen LogP contribution in [0, 0.1) is 0 Å². The number of nitrogens with zero attached hydrogens (tertiary/aromatic N) is 1. The van der Waals surface area contributed by atoms with Crippen LogP contribution in [-0.4, -0.2) is 42.1 Å². The molecular weight excluding hydrogens is 318 g/mol. The van der Waals surface area contributed by atoms with Gasteiger partial charge in [-0.3, -0.25) is 4.79 Å². The first-order valence-corrected chi connectivity index (χ1v) is 8.87. The maximum Gasteiger partial charge on any atom is 0.410 e. The second-order valence-corrected chi connectivity index (χ2v) is 7.45. The van der Waals surface area contributed by atoms with Crippen LogP contribution in [0.1, 0.15) is 62.4 Å². The zero-order valence-electron chi connectivity index (χ0n) is 15.6. The maximum atomic E-state index is 12.2. The van der Waals surface area contributed by atoms with Gasteiger partial charge in [-0.2, -0.15) is 0 Å². The smallest absolute Gasteiger partial charge is 0.410 e. The van der Waals surface area contributed by atoms with Crippen LogP contribution in [0.2, 0.25) is 0 Å². The molecular formula is C19H29N3O3. The third-order valence-electron chi connectivity index (χ3n) is 4.28. The highest BCUT2D eigenvalue weighted by Crippen LogP contribution is 2.30. The molecule has 1 aromatic rings. The molecule has 138 valence electrons. The van der Waals surface area contributed by atoms with Crippen molar-refractivity contribution in [2.24, 2.45) is 0 Å². The van der Waals surface area contributed by atoms with E-state index in [-0.39, 0.29) is 12.0 Å². The summed E-state index contributed by atoms with van der Waals surface area (Å²) in [6, 6.07) is 5.65. The first-order chi connectivity index (χ1) is 11.7. The van der Waals surface area contributed by atoms with Crippen LogP contribution >= 0.6 is 0 Å². The molecule has 0 saturated carbocycles. The van der Waals surface area contributed by atoms with Gasteiger partial charge in [-0.25, -0.2) is 4.79 Å². The highest BCUT2D eigenvalue weighted by molar-refractivity contribution is 5.99. The van der Waals surface area contributed by atoms with Crippen molar-refractivity contribution in [1.82, 2.24) is 10.2 Å². The van der Waals surface area contributed by atoms with E-state index in [2.05, 4.69) is 5.32 Å². The fourth-order valence-electron chi connectivity index (χ4n) is 3.00. The van der Waals surface area contributed by atoms with Gasteiger partial charge in [0.15, 0.2) is 0 Å². The normalized spacial score (nSPS) is 15.8. The lowest BCUT2D eigenvalue weighted by molar-refractivity contribution is 0.0205. The molecule has 1 heterocycles. The van der Waals surface area contributed by atoms with Crippen LogP contribution in [0.5, 0.6) is 0 Å². The quantitative estimate of drug-likeness (QED) is 0.823. The van der Waals surface area contributed by atoms with E-state index in [4.69, 9.17) is 10.5 Å². The van der Waals surface area contributed by atoms with Gasteiger partial charge in [0, 0.05) is 25.3 Å². The maximum absolute atomic E-state index is 12.2. The Balaban J connectivity index is 2.02. The number of piperidine rings is 1. The van der Waals surface area contributed by atoms with Crippen LogP contribution < -0.4 is 11.1 Å². The van der Waals surface area contributed by atoms with Crippen LogP contribution in [0.4, 0.5) is 10.5 Å². The number of nitrogens with two attached hydrogens (primary N) is 1. The van der Waals surface area contributed by atoms with E-state index >= 15 is 0 Å². The van der Waals surface area contributed by atoms with Crippen molar-refractivity contribution in [2.75, 3.05) is 25.4 Å². The SMILES string of the molecule is CCNC(=O)c1cc(C2CCN(C(=O)OC(C)(C)C)CC2)ccc1N. The lowest BCUT2D eigenvalue weighted by Gasteiger charge is -2.33. The van der Waals surface area contributed by atoms with E-state index in [1.165, 1.54) is 0 Å². The third-order valence-corrected chi connectivity index (χ3v) is 4.28. The first kappa shape index (κ1) is 19.1. The number of benzene rings is 1. The number of likely N-dealkylation sites (tertiary alicyclic amines) is 1. The molecule has 0 spiro atoms. The Labute approximate surface area is 149 Å². The van der Waals surface area contributed by atoms with Gasteiger partial charge < -0.3 is 20.7 Å². The van der Waals surface area contributed by atoms with E-state index in [0.29, 0.717) is 36.8 Å². The van der Waals surface area contributed by atoms with Gasteiger partial charge in [0.05, 0.1) is 5.56 Å². The zero-order valence-corrected chi connectivity index (χ0v) is 15.6. The van der Waals surface area contributed by atoms with E-state index in [1.54, 1.807) is 11.0 Å². The van der Waals surface area contributed by atoms with Crippen LogP contribution in [-0.2, 0) is 4.74 Å². The van der Waals surface area contributed by atoms with E-state index < -0.39 is 5.60 Å². The number of ether oxygens (including phenoxy) is 1. The second-order valence-electron chi connectivity index (χ2n) is 7.45. The summed E-state index contributed by atoms with van der Waals surface area (Å²) < 4.78 is 5.43. The van der Waals surface area contributed by atoms with Crippen LogP contribution in [0.25, 0.3) is 0 Å². The number of carbonyl (C=O) groups excluding carboxylic acids is 2. The fraction of sp³-hybridized carbons (Fsp3) is 0.579. The standard InChI is InChI=1S/C19H29N3O3/c1-5-21-17(23)15-12-14(6-7-16(15)20)13-8-10-22(11-9-13)18(24)25-19(2,3)4/h6-7,12-13H,5,8-11,20H2,1-4H3,(H,21,23). The number of hydrogen-bond acceptors (Lipinski definition) is 4. The van der Waals surface area contributed by atoms with E-state index in [1.807, 2.05) is 39.8 Å². The number of nitrogen functional groups attached to an aromatic ring is 1. The molecule has 6 heteroatoms. The predicted octanol–water partition coefficient (Wildman–Crippen LogP) is 3.13. The van der Waals surface area contributed by atoms with Gasteiger partial charge in [0.2, 0.25) is 0 Å². The largest absolute Gasteiger partial charge is 0.444 e. The minimum absolute atomic E-state index is 0.145. The number of rotatable bonds is 3. The molecule has 6 nitrogen and oxygen atoms in total. The molecule has 1 saturated heterocycles. The molecule has 1 aromatic carbocycles. The van der Waals surface area contributed by atoms with Gasteiger partial charge in [-0.15, -0.1) is 0 Å². The summed E-state index contributed by atoms with van der Waals surface area (Å²) in [5, 5.41) is 2.79. The van der Waals surface area contributed by atoms with Crippen molar-refractivity contribution in [3.05, 3.63) is 29.3 Å². The molecule has 0 unspecified atom stereocenters. The number of carbonyl (C=O) groups is 2. The Morgan fingerprint density at radius 2 is 1.92 bits per heavy atom. The number of amides is 2. The molecule has 1 fully saturated rings. The van der Waals surface area contributed by atoms with Crippen molar-refractivity contribution in [3.8, 4) is 0 Å². The monoisotopic (exact) mass is 347 g/mol. The molecule has 3 N–H and O–H groups in total. The first-order valence-electron chi connectivity index (χ1n) is 8.87. The van der Waals surface area contributed by atoms with E-state index in [0.717, 1.165) is 18.4 Å². The molecule has 1 aliphatic heterocycles. The van der Waals surface area contributed by atoms with Gasteiger partial charge in [0.1, 0.15) is 5.60 Å². The van der Waals surface area contributed by atoms with Crippen molar-refractivity contribution in [1.29, 1.82) is 0 Å². The summed E-state index contributed by atoms with van der Waals surface area (Å²) in [4.78, 5) is 26.0. The van der Waals surface area contributed by atoms with Gasteiger partial charge in [-0.05, 0) is 64.2 Å². The fourth-order valence-corrected chi connectivity index (χ4v) is 3.00. The topological polar surface area (TPSA) is 84.7 Å². The summed E-state index contributed by atoms with van der Waals surface area (Å²) in [7, 11) is 0. The minimum Gasteiger partial charge on any atom is -0.444 e. The average molecular weight is 347 g/mol. The molecule has 2 amide bonds. The summed E-state index contributed by atoms with van der Waals surface area (Å²) in [6.07, 6.45) is 1.43. The number of nitrogens with one attached hydrogen (secondary N) is 1. The lowest BCUT2D eigenvalue weighted by Crippen LogP contribution is -2.41. The lowest BCUT2D eigenvalue weighted by atomic mass is 9.88. The van der Waals surface area contributed by atoms with Crippen LogP contribution in [0.15, 0.2) is 18.2 Å². The average Bonchev–Trinajstić information content (AvgIpc) is 2.54. The number of hydrogen-bond donors (Lipinski definition) is 2. The molecule has 2 rings (SSSR count). The van der Waals surface area contributed by atoms with Crippen molar-refractivity contribution < 1.29 is 14.3 Å². The molecule has 0 aliphatic carbocycles. The van der Waals surface area contributed by atoms with Crippen molar-refractivity contribution in [3.63, 3.8) is 0 Å². The molecule has 0 radical (unpaired) electrons. The minimum atomic E-state index is -0.480.